The van der Waals surface area contributed by atoms with Gasteiger partial charge in [-0.25, -0.2) is 0 Å². The molecule has 3 heteroatoms. The predicted molar refractivity (Wildman–Crippen MR) is 132 cm³/mol. The zero-order chi connectivity index (χ0) is 21.6. The number of anilines is 1. The fraction of sp³-hybridized carbons (Fsp3) is 0.0345. The summed E-state index contributed by atoms with van der Waals surface area (Å²) in [5.74, 6) is 0.776. The Bertz CT molecular complexity index is 1290. The molecular weight excluding hydrogens is 390 g/mol. The van der Waals surface area contributed by atoms with E-state index < -0.39 is 0 Å². The molecule has 0 fully saturated rings. The van der Waals surface area contributed by atoms with Crippen LogP contribution < -0.4 is 5.32 Å². The number of aromatic nitrogens is 2. The molecule has 32 heavy (non-hydrogen) atoms. The Balaban J connectivity index is 1.73. The van der Waals surface area contributed by atoms with Crippen molar-refractivity contribution in [3.8, 4) is 33.5 Å². The fourth-order valence-electron chi connectivity index (χ4n) is 3.91. The number of nitrogens with one attached hydrogen (secondary N) is 1. The van der Waals surface area contributed by atoms with E-state index in [0.29, 0.717) is 6.54 Å². The molecule has 4 aromatic carbocycles. The van der Waals surface area contributed by atoms with Gasteiger partial charge in [0, 0.05) is 23.2 Å². The van der Waals surface area contributed by atoms with Crippen LogP contribution >= 0.6 is 0 Å². The van der Waals surface area contributed by atoms with Gasteiger partial charge >= 0.3 is 0 Å². The van der Waals surface area contributed by atoms with Crippen LogP contribution in [0.2, 0.25) is 0 Å². The average Bonchev–Trinajstić information content (AvgIpc) is 2.89. The predicted octanol–water partition coefficient (Wildman–Crippen LogP) is 7.09. The van der Waals surface area contributed by atoms with Crippen LogP contribution in [0.1, 0.15) is 5.56 Å². The van der Waals surface area contributed by atoms with Crippen molar-refractivity contribution in [3.05, 3.63) is 127 Å². The molecule has 0 saturated carbocycles. The van der Waals surface area contributed by atoms with E-state index in [1.54, 1.807) is 0 Å². The lowest BCUT2D eigenvalue weighted by Gasteiger charge is -2.19. The second kappa shape index (κ2) is 9.27. The molecule has 0 aliphatic heterocycles. The minimum Gasteiger partial charge on any atom is -0.364 e. The lowest BCUT2D eigenvalue weighted by molar-refractivity contribution is 1.01. The van der Waals surface area contributed by atoms with Crippen LogP contribution in [0.4, 0.5) is 5.82 Å². The highest BCUT2D eigenvalue weighted by molar-refractivity contribution is 5.97. The zero-order valence-electron chi connectivity index (χ0n) is 17.6. The molecule has 0 unspecified atom stereocenters. The summed E-state index contributed by atoms with van der Waals surface area (Å²) in [4.78, 5) is 0. The normalized spacial score (nSPS) is 10.6. The summed E-state index contributed by atoms with van der Waals surface area (Å²) in [7, 11) is 0. The second-order valence-electron chi connectivity index (χ2n) is 7.58. The number of benzene rings is 4. The molecule has 5 aromatic rings. The van der Waals surface area contributed by atoms with E-state index in [1.807, 2.05) is 36.4 Å². The van der Waals surface area contributed by atoms with Gasteiger partial charge in [-0.05, 0) is 16.7 Å². The van der Waals surface area contributed by atoms with Crippen LogP contribution in [-0.4, -0.2) is 10.2 Å². The zero-order valence-corrected chi connectivity index (χ0v) is 17.6. The molecule has 0 saturated heterocycles. The first-order valence-corrected chi connectivity index (χ1v) is 10.7. The minimum absolute atomic E-state index is 0.675. The van der Waals surface area contributed by atoms with E-state index in [-0.39, 0.29) is 0 Å². The number of hydrogen-bond donors (Lipinski definition) is 1. The Morgan fingerprint density at radius 2 is 0.938 bits per heavy atom. The Morgan fingerprint density at radius 3 is 1.50 bits per heavy atom. The van der Waals surface area contributed by atoms with Crippen LogP contribution in [0.5, 0.6) is 0 Å². The van der Waals surface area contributed by atoms with Crippen molar-refractivity contribution in [1.82, 2.24) is 10.2 Å². The van der Waals surface area contributed by atoms with Crippen LogP contribution in [-0.2, 0) is 6.54 Å². The van der Waals surface area contributed by atoms with Gasteiger partial charge in [-0.3, -0.25) is 0 Å². The van der Waals surface area contributed by atoms with Crippen LogP contribution in [0.25, 0.3) is 33.5 Å². The topological polar surface area (TPSA) is 37.8 Å². The van der Waals surface area contributed by atoms with Gasteiger partial charge in [0.15, 0.2) is 5.82 Å². The molecule has 0 aliphatic carbocycles. The Labute approximate surface area is 188 Å². The summed E-state index contributed by atoms with van der Waals surface area (Å²) in [6.45, 7) is 0.675. The van der Waals surface area contributed by atoms with Crippen molar-refractivity contribution in [1.29, 1.82) is 0 Å². The van der Waals surface area contributed by atoms with Crippen LogP contribution in [0.3, 0.4) is 0 Å². The number of hydrogen-bond acceptors (Lipinski definition) is 3. The third-order valence-corrected chi connectivity index (χ3v) is 5.45. The molecule has 0 spiro atoms. The molecule has 5 rings (SSSR count). The fourth-order valence-corrected chi connectivity index (χ4v) is 3.91. The highest BCUT2D eigenvalue weighted by Gasteiger charge is 2.20. The molecule has 1 heterocycles. The molecule has 0 bridgehead atoms. The maximum absolute atomic E-state index is 4.71. The van der Waals surface area contributed by atoms with Crippen molar-refractivity contribution in [2.75, 3.05) is 5.32 Å². The summed E-state index contributed by atoms with van der Waals surface area (Å²) in [6, 6.07) is 41.5. The van der Waals surface area contributed by atoms with Gasteiger partial charge in [-0.15, -0.1) is 10.2 Å². The number of nitrogens with zero attached hydrogens (tertiary/aromatic N) is 2. The maximum atomic E-state index is 4.71. The van der Waals surface area contributed by atoms with Crippen molar-refractivity contribution < 1.29 is 0 Å². The maximum Gasteiger partial charge on any atom is 0.157 e. The minimum atomic E-state index is 0.675. The first kappa shape index (κ1) is 19.7. The first-order valence-electron chi connectivity index (χ1n) is 10.7. The van der Waals surface area contributed by atoms with Crippen LogP contribution in [0, 0.1) is 0 Å². The standard InChI is InChI=1S/C29H23N3/c1-5-13-22(14-6-1)21-30-29-27(24-17-9-3-10-18-24)26(23-15-7-2-8-16-23)28(31-32-29)25-19-11-4-12-20-25/h1-20H,21H2,(H,30,32). The molecule has 0 amide bonds. The SMILES string of the molecule is c1ccc(CNc2nnc(-c3ccccc3)c(-c3ccccc3)c2-c2ccccc2)cc1. The molecular formula is C29H23N3. The Kier molecular flexibility index (Phi) is 5.71. The lowest BCUT2D eigenvalue weighted by atomic mass is 9.91. The van der Waals surface area contributed by atoms with E-state index in [4.69, 9.17) is 5.10 Å². The van der Waals surface area contributed by atoms with Gasteiger partial charge in [0.2, 0.25) is 0 Å². The number of rotatable bonds is 6. The van der Waals surface area contributed by atoms with E-state index >= 15 is 0 Å². The summed E-state index contributed by atoms with van der Waals surface area (Å²) >= 11 is 0. The van der Waals surface area contributed by atoms with E-state index in [9.17, 15) is 0 Å². The van der Waals surface area contributed by atoms with Crippen LogP contribution in [0.15, 0.2) is 121 Å². The van der Waals surface area contributed by atoms with Gasteiger partial charge in [-0.2, -0.15) is 0 Å². The molecule has 0 radical (unpaired) electrons. The van der Waals surface area contributed by atoms with Gasteiger partial charge in [-0.1, -0.05) is 121 Å². The molecule has 3 nitrogen and oxygen atoms in total. The second-order valence-corrected chi connectivity index (χ2v) is 7.58. The third-order valence-electron chi connectivity index (χ3n) is 5.45. The van der Waals surface area contributed by atoms with Crippen molar-refractivity contribution in [3.63, 3.8) is 0 Å². The molecule has 154 valence electrons. The highest BCUT2D eigenvalue weighted by atomic mass is 15.2. The molecule has 0 atom stereocenters. The smallest absolute Gasteiger partial charge is 0.157 e. The summed E-state index contributed by atoms with van der Waals surface area (Å²) in [5, 5.41) is 12.9. The summed E-state index contributed by atoms with van der Waals surface area (Å²) in [5.41, 5.74) is 7.47. The van der Waals surface area contributed by atoms with Crippen molar-refractivity contribution in [2.24, 2.45) is 0 Å². The highest BCUT2D eigenvalue weighted by Crippen LogP contribution is 2.41. The van der Waals surface area contributed by atoms with Gasteiger partial charge in [0.05, 0.1) is 0 Å². The van der Waals surface area contributed by atoms with Crippen molar-refractivity contribution >= 4 is 5.82 Å². The van der Waals surface area contributed by atoms with Gasteiger partial charge in [0.25, 0.3) is 0 Å². The summed E-state index contributed by atoms with van der Waals surface area (Å²) < 4.78 is 0. The van der Waals surface area contributed by atoms with E-state index in [0.717, 1.165) is 39.3 Å². The first-order chi connectivity index (χ1) is 15.9. The Hall–Kier alpha value is -4.24. The quantitative estimate of drug-likeness (QED) is 0.323. The van der Waals surface area contributed by atoms with E-state index in [2.05, 4.69) is 95.3 Å². The lowest BCUT2D eigenvalue weighted by Crippen LogP contribution is -2.07. The molecule has 0 aliphatic rings. The van der Waals surface area contributed by atoms with Crippen molar-refractivity contribution in [2.45, 2.75) is 6.54 Å². The molecule has 1 N–H and O–H groups in total. The Morgan fingerprint density at radius 1 is 0.469 bits per heavy atom. The molecule has 1 aromatic heterocycles. The largest absolute Gasteiger partial charge is 0.364 e. The third kappa shape index (κ3) is 4.14. The van der Waals surface area contributed by atoms with E-state index in [1.165, 1.54) is 5.56 Å². The van der Waals surface area contributed by atoms with Gasteiger partial charge in [0.1, 0.15) is 5.69 Å². The van der Waals surface area contributed by atoms with Gasteiger partial charge < -0.3 is 5.32 Å². The summed E-state index contributed by atoms with van der Waals surface area (Å²) in [6.07, 6.45) is 0. The average molecular weight is 414 g/mol. The monoisotopic (exact) mass is 413 g/mol.